The number of hydrogen-bond acceptors (Lipinski definition) is 3. The van der Waals surface area contributed by atoms with Gasteiger partial charge in [-0.3, -0.25) is 4.79 Å². The molecule has 1 aliphatic rings. The van der Waals surface area contributed by atoms with Gasteiger partial charge in [-0.2, -0.15) is 0 Å². The summed E-state index contributed by atoms with van der Waals surface area (Å²) in [5.41, 5.74) is 0. The first-order chi connectivity index (χ1) is 8.40. The maximum atomic E-state index is 11.9. The molecule has 1 unspecified atom stereocenters. The Hall–Kier alpha value is -1.30. The monoisotopic (exact) mass is 258 g/mol. The first-order valence-corrected chi connectivity index (χ1v) is 6.31. The molecule has 0 aromatic heterocycles. The van der Waals surface area contributed by atoms with Gasteiger partial charge in [-0.15, -0.1) is 0 Å². The van der Waals surface area contributed by atoms with E-state index in [9.17, 15) is 9.59 Å². The van der Waals surface area contributed by atoms with Gasteiger partial charge in [0.1, 0.15) is 0 Å². The minimum atomic E-state index is -0.835. The van der Waals surface area contributed by atoms with Gasteiger partial charge in [0.15, 0.2) is 0 Å². The Kier molecular flexibility index (Phi) is 5.40. The van der Waals surface area contributed by atoms with Crippen LogP contribution in [0.25, 0.3) is 0 Å². The molecule has 1 fully saturated rings. The van der Waals surface area contributed by atoms with Crippen molar-refractivity contribution in [1.29, 1.82) is 0 Å². The highest BCUT2D eigenvalue weighted by molar-refractivity contribution is 5.74. The van der Waals surface area contributed by atoms with E-state index >= 15 is 0 Å². The lowest BCUT2D eigenvalue weighted by molar-refractivity contribution is -0.141. The van der Waals surface area contributed by atoms with Crippen molar-refractivity contribution >= 4 is 12.0 Å². The van der Waals surface area contributed by atoms with Gasteiger partial charge in [0.05, 0.1) is 18.1 Å². The van der Waals surface area contributed by atoms with Crippen molar-refractivity contribution in [3.8, 4) is 0 Å². The van der Waals surface area contributed by atoms with Gasteiger partial charge in [-0.05, 0) is 20.3 Å². The Labute approximate surface area is 107 Å². The average molecular weight is 258 g/mol. The summed E-state index contributed by atoms with van der Waals surface area (Å²) in [6.07, 6.45) is 0.520. The van der Waals surface area contributed by atoms with E-state index in [1.54, 1.807) is 11.8 Å². The molecule has 1 aliphatic heterocycles. The van der Waals surface area contributed by atoms with Crippen LogP contribution in [0.15, 0.2) is 0 Å². The van der Waals surface area contributed by atoms with E-state index in [1.165, 1.54) is 0 Å². The molecule has 2 amide bonds. The van der Waals surface area contributed by atoms with Crippen LogP contribution in [0.5, 0.6) is 0 Å². The highest BCUT2D eigenvalue weighted by Crippen LogP contribution is 2.10. The van der Waals surface area contributed by atoms with E-state index in [-0.39, 0.29) is 18.2 Å². The largest absolute Gasteiger partial charge is 0.481 e. The number of carbonyl (C=O) groups is 2. The predicted molar refractivity (Wildman–Crippen MR) is 66.4 cm³/mol. The van der Waals surface area contributed by atoms with Crippen molar-refractivity contribution in [2.75, 3.05) is 19.6 Å². The van der Waals surface area contributed by atoms with Crippen LogP contribution >= 0.6 is 0 Å². The lowest BCUT2D eigenvalue weighted by Crippen LogP contribution is -2.51. The molecule has 0 aliphatic carbocycles. The van der Waals surface area contributed by atoms with Crippen LogP contribution in [0.3, 0.4) is 0 Å². The molecule has 1 rings (SSSR count). The lowest BCUT2D eigenvalue weighted by Gasteiger charge is -2.35. The maximum Gasteiger partial charge on any atom is 0.317 e. The molecule has 0 saturated carbocycles. The van der Waals surface area contributed by atoms with Crippen LogP contribution in [0.2, 0.25) is 0 Å². The van der Waals surface area contributed by atoms with Gasteiger partial charge < -0.3 is 20.1 Å². The van der Waals surface area contributed by atoms with Crippen molar-refractivity contribution in [3.05, 3.63) is 0 Å². The zero-order valence-electron chi connectivity index (χ0n) is 11.2. The summed E-state index contributed by atoms with van der Waals surface area (Å²) in [7, 11) is 0. The third-order valence-electron chi connectivity index (χ3n) is 2.98. The second-order valence-corrected chi connectivity index (χ2v) is 4.92. The third kappa shape index (κ3) is 4.52. The second kappa shape index (κ2) is 6.58. The predicted octanol–water partition coefficient (Wildman–Crippen LogP) is 0.916. The van der Waals surface area contributed by atoms with Crippen LogP contribution in [0.4, 0.5) is 4.79 Å². The number of nitrogens with one attached hydrogen (secondary N) is 1. The Morgan fingerprint density at radius 3 is 2.44 bits per heavy atom. The number of urea groups is 1. The summed E-state index contributed by atoms with van der Waals surface area (Å²) >= 11 is 0. The van der Waals surface area contributed by atoms with Crippen LogP contribution in [0, 0.1) is 5.92 Å². The third-order valence-corrected chi connectivity index (χ3v) is 2.98. The minimum absolute atomic E-state index is 0.0393. The molecule has 3 atom stereocenters. The van der Waals surface area contributed by atoms with Crippen LogP contribution in [0.1, 0.15) is 27.2 Å². The molecular weight excluding hydrogens is 236 g/mol. The Balaban J connectivity index is 2.30. The van der Waals surface area contributed by atoms with Gasteiger partial charge in [0.2, 0.25) is 0 Å². The highest BCUT2D eigenvalue weighted by Gasteiger charge is 2.25. The molecule has 0 bridgehead atoms. The molecular formula is C12H22N2O4. The van der Waals surface area contributed by atoms with Crippen molar-refractivity contribution in [3.63, 3.8) is 0 Å². The molecule has 6 nitrogen and oxygen atoms in total. The number of hydrogen-bond donors (Lipinski definition) is 2. The van der Waals surface area contributed by atoms with Crippen LogP contribution in [-0.2, 0) is 9.53 Å². The molecule has 104 valence electrons. The van der Waals surface area contributed by atoms with Crippen molar-refractivity contribution in [2.24, 2.45) is 5.92 Å². The lowest BCUT2D eigenvalue weighted by atomic mass is 10.1. The zero-order chi connectivity index (χ0) is 13.7. The summed E-state index contributed by atoms with van der Waals surface area (Å²) in [4.78, 5) is 24.2. The van der Waals surface area contributed by atoms with E-state index in [0.717, 1.165) is 0 Å². The van der Waals surface area contributed by atoms with Gasteiger partial charge in [0.25, 0.3) is 0 Å². The molecule has 1 heterocycles. The quantitative estimate of drug-likeness (QED) is 0.785. The highest BCUT2D eigenvalue weighted by atomic mass is 16.5. The van der Waals surface area contributed by atoms with Crippen molar-refractivity contribution in [2.45, 2.75) is 39.4 Å². The molecule has 0 aromatic carbocycles. The Bertz CT molecular complexity index is 298. The van der Waals surface area contributed by atoms with Crippen molar-refractivity contribution < 1.29 is 19.4 Å². The van der Waals surface area contributed by atoms with E-state index in [4.69, 9.17) is 9.84 Å². The first-order valence-electron chi connectivity index (χ1n) is 6.31. The number of morpholine rings is 1. The number of rotatable bonds is 4. The summed E-state index contributed by atoms with van der Waals surface area (Å²) in [6.45, 7) is 7.03. The summed E-state index contributed by atoms with van der Waals surface area (Å²) in [5, 5.41) is 11.5. The molecule has 6 heteroatoms. The summed E-state index contributed by atoms with van der Waals surface area (Å²) in [5.74, 6) is -1.27. The average Bonchev–Trinajstić information content (AvgIpc) is 2.27. The van der Waals surface area contributed by atoms with E-state index < -0.39 is 11.9 Å². The molecule has 2 N–H and O–H groups in total. The summed E-state index contributed by atoms with van der Waals surface area (Å²) in [6, 6.07) is -0.144. The number of nitrogens with zero attached hydrogens (tertiary/aromatic N) is 1. The smallest absolute Gasteiger partial charge is 0.317 e. The molecule has 18 heavy (non-hydrogen) atoms. The van der Waals surface area contributed by atoms with E-state index in [0.29, 0.717) is 26.1 Å². The Morgan fingerprint density at radius 2 is 1.94 bits per heavy atom. The molecule has 1 saturated heterocycles. The topological polar surface area (TPSA) is 78.9 Å². The number of carboxylic acids is 1. The molecule has 0 spiro atoms. The molecule has 0 aromatic rings. The van der Waals surface area contributed by atoms with Gasteiger partial charge >= 0.3 is 12.0 Å². The summed E-state index contributed by atoms with van der Waals surface area (Å²) < 4.78 is 5.54. The number of ether oxygens (including phenoxy) is 1. The van der Waals surface area contributed by atoms with Gasteiger partial charge in [0, 0.05) is 19.6 Å². The fourth-order valence-electron chi connectivity index (χ4n) is 1.97. The van der Waals surface area contributed by atoms with Gasteiger partial charge in [-0.25, -0.2) is 4.79 Å². The number of amides is 2. The standard InChI is InChI=1S/C12H22N2O4/c1-8(11(15)16)4-5-13-12(17)14-6-9(2)18-10(3)7-14/h8-10H,4-7H2,1-3H3,(H,13,17)(H,15,16)/t8?,9-,10+. The first kappa shape index (κ1) is 14.8. The Morgan fingerprint density at radius 1 is 1.39 bits per heavy atom. The number of carboxylic acid groups (broad SMARTS) is 1. The fourth-order valence-corrected chi connectivity index (χ4v) is 1.97. The van der Waals surface area contributed by atoms with E-state index in [1.807, 2.05) is 13.8 Å². The normalized spacial score (nSPS) is 25.6. The maximum absolute atomic E-state index is 11.9. The van der Waals surface area contributed by atoms with Crippen LogP contribution in [-0.4, -0.2) is 53.8 Å². The second-order valence-electron chi connectivity index (χ2n) is 4.92. The number of carbonyl (C=O) groups excluding carboxylic acids is 1. The number of aliphatic carboxylic acids is 1. The molecule has 0 radical (unpaired) electrons. The zero-order valence-corrected chi connectivity index (χ0v) is 11.2. The minimum Gasteiger partial charge on any atom is -0.481 e. The van der Waals surface area contributed by atoms with Crippen molar-refractivity contribution in [1.82, 2.24) is 10.2 Å². The van der Waals surface area contributed by atoms with Gasteiger partial charge in [-0.1, -0.05) is 6.92 Å². The van der Waals surface area contributed by atoms with Crippen LogP contribution < -0.4 is 5.32 Å². The van der Waals surface area contributed by atoms with E-state index in [2.05, 4.69) is 5.32 Å². The SMILES string of the molecule is CC(CCNC(=O)N1C[C@@H](C)O[C@@H](C)C1)C(=O)O. The fraction of sp³-hybridized carbons (Fsp3) is 0.833.